The van der Waals surface area contributed by atoms with Crippen LogP contribution in [0, 0.1) is 0 Å². The van der Waals surface area contributed by atoms with Gasteiger partial charge in [-0.15, -0.1) is 0 Å². The summed E-state index contributed by atoms with van der Waals surface area (Å²) in [6, 6.07) is 0. The van der Waals surface area contributed by atoms with E-state index in [1.54, 1.807) is 0 Å². The molecule has 108 valence electrons. The van der Waals surface area contributed by atoms with Crippen LogP contribution < -0.4 is 5.73 Å². The van der Waals surface area contributed by atoms with Crippen molar-refractivity contribution in [3.8, 4) is 0 Å². The molecule has 0 amide bonds. The molecule has 0 aliphatic rings. The van der Waals surface area contributed by atoms with Crippen LogP contribution in [0.15, 0.2) is 0 Å². The molecule has 2 nitrogen and oxygen atoms in total. The Morgan fingerprint density at radius 2 is 1.67 bits per heavy atom. The number of carbonyl (C=O) groups is 1. The Hall–Kier alpha value is -0.650. The summed E-state index contributed by atoms with van der Waals surface area (Å²) in [6.07, 6.45) is -1.37. The highest BCUT2D eigenvalue weighted by Gasteiger charge is 2.42. The molecule has 0 aliphatic heterocycles. The number of carbonyl (C=O) groups excluding carboxylic acids is 1. The molecular formula is C12H21F4NO. The Morgan fingerprint density at radius 3 is 2.17 bits per heavy atom. The van der Waals surface area contributed by atoms with Crippen LogP contribution in [0.2, 0.25) is 0 Å². The summed E-state index contributed by atoms with van der Waals surface area (Å²) in [5.74, 6) is -7.70. The fourth-order valence-corrected chi connectivity index (χ4v) is 1.59. The monoisotopic (exact) mass is 271 g/mol. The van der Waals surface area contributed by atoms with E-state index in [0.29, 0.717) is 19.4 Å². The molecule has 0 fully saturated rings. The third kappa shape index (κ3) is 8.44. The zero-order valence-corrected chi connectivity index (χ0v) is 10.7. The predicted octanol–water partition coefficient (Wildman–Crippen LogP) is 3.54. The fraction of sp³-hybridized carbons (Fsp3) is 0.917. The highest BCUT2D eigenvalue weighted by Crippen LogP contribution is 2.35. The lowest BCUT2D eigenvalue weighted by Crippen LogP contribution is -2.30. The molecule has 0 saturated heterocycles. The van der Waals surface area contributed by atoms with Gasteiger partial charge in [0.25, 0.3) is 11.8 Å². The van der Waals surface area contributed by atoms with Gasteiger partial charge in [0, 0.05) is 12.8 Å². The molecule has 0 spiro atoms. The van der Waals surface area contributed by atoms with Gasteiger partial charge in [0.05, 0.1) is 12.8 Å². The molecule has 18 heavy (non-hydrogen) atoms. The van der Waals surface area contributed by atoms with Gasteiger partial charge in [-0.2, -0.15) is 0 Å². The van der Waals surface area contributed by atoms with Gasteiger partial charge in [0.1, 0.15) is 5.78 Å². The molecule has 0 aromatic rings. The van der Waals surface area contributed by atoms with E-state index in [9.17, 15) is 22.4 Å². The number of halogens is 4. The smallest absolute Gasteiger partial charge is 0.260 e. The standard InChI is InChI=1S/C12H21F4NO/c1-2-11(13,14)9-12(15,16)8-10(18)6-4-3-5-7-17/h2-9,17H2,1H3. The second-order valence-electron chi connectivity index (χ2n) is 4.56. The van der Waals surface area contributed by atoms with E-state index >= 15 is 0 Å². The van der Waals surface area contributed by atoms with Crippen LogP contribution in [0.5, 0.6) is 0 Å². The van der Waals surface area contributed by atoms with E-state index in [1.165, 1.54) is 0 Å². The van der Waals surface area contributed by atoms with E-state index in [1.807, 2.05) is 0 Å². The van der Waals surface area contributed by atoms with E-state index in [0.717, 1.165) is 13.3 Å². The predicted molar refractivity (Wildman–Crippen MR) is 61.9 cm³/mol. The van der Waals surface area contributed by atoms with Crippen molar-refractivity contribution in [1.82, 2.24) is 0 Å². The van der Waals surface area contributed by atoms with Gasteiger partial charge in [-0.25, -0.2) is 17.6 Å². The summed E-state index contributed by atoms with van der Waals surface area (Å²) in [4.78, 5) is 11.2. The third-order valence-electron chi connectivity index (χ3n) is 2.65. The van der Waals surface area contributed by atoms with Gasteiger partial charge >= 0.3 is 0 Å². The quantitative estimate of drug-likeness (QED) is 0.488. The van der Waals surface area contributed by atoms with Gasteiger partial charge in [-0.1, -0.05) is 13.3 Å². The molecule has 0 radical (unpaired) electrons. The maximum atomic E-state index is 13.2. The molecule has 0 aromatic heterocycles. The second kappa shape index (κ2) is 7.71. The second-order valence-corrected chi connectivity index (χ2v) is 4.56. The Balaban J connectivity index is 4.03. The molecule has 0 saturated carbocycles. The van der Waals surface area contributed by atoms with Crippen molar-refractivity contribution in [2.24, 2.45) is 5.73 Å². The van der Waals surface area contributed by atoms with Crippen LogP contribution in [0.25, 0.3) is 0 Å². The number of ketones is 1. The normalized spacial score (nSPS) is 12.8. The Morgan fingerprint density at radius 1 is 1.06 bits per heavy atom. The van der Waals surface area contributed by atoms with Crippen molar-refractivity contribution < 1.29 is 22.4 Å². The van der Waals surface area contributed by atoms with E-state index < -0.39 is 36.9 Å². The van der Waals surface area contributed by atoms with Gasteiger partial charge in [-0.05, 0) is 19.4 Å². The number of hydrogen-bond donors (Lipinski definition) is 1. The third-order valence-corrected chi connectivity index (χ3v) is 2.65. The SMILES string of the molecule is CCC(F)(F)CC(F)(F)CC(=O)CCCCCN. The van der Waals surface area contributed by atoms with Crippen molar-refractivity contribution in [3.05, 3.63) is 0 Å². The summed E-state index contributed by atoms with van der Waals surface area (Å²) in [6.45, 7) is 1.64. The van der Waals surface area contributed by atoms with Gasteiger partial charge in [0.2, 0.25) is 0 Å². The lowest BCUT2D eigenvalue weighted by Gasteiger charge is -2.21. The molecule has 6 heteroatoms. The maximum Gasteiger partial charge on any atom is 0.260 e. The zero-order valence-electron chi connectivity index (χ0n) is 10.7. The van der Waals surface area contributed by atoms with Crippen molar-refractivity contribution in [1.29, 1.82) is 0 Å². The molecule has 0 aromatic carbocycles. The first-order valence-electron chi connectivity index (χ1n) is 6.20. The Bertz CT molecular complexity index is 256. The minimum Gasteiger partial charge on any atom is -0.330 e. The molecule has 0 bridgehead atoms. The first-order chi connectivity index (χ1) is 8.22. The largest absolute Gasteiger partial charge is 0.330 e. The van der Waals surface area contributed by atoms with Gasteiger partial charge in [-0.3, -0.25) is 4.79 Å². The van der Waals surface area contributed by atoms with Gasteiger partial charge in [0.15, 0.2) is 0 Å². The van der Waals surface area contributed by atoms with E-state index in [2.05, 4.69) is 0 Å². The molecule has 2 N–H and O–H groups in total. The van der Waals surface area contributed by atoms with Crippen LogP contribution in [-0.4, -0.2) is 24.2 Å². The first-order valence-corrected chi connectivity index (χ1v) is 6.20. The van der Waals surface area contributed by atoms with Crippen LogP contribution in [0.4, 0.5) is 17.6 Å². The molecule has 0 atom stereocenters. The van der Waals surface area contributed by atoms with Crippen LogP contribution in [0.1, 0.15) is 51.9 Å². The van der Waals surface area contributed by atoms with Crippen LogP contribution in [-0.2, 0) is 4.79 Å². The number of nitrogens with two attached hydrogens (primary N) is 1. The summed E-state index contributed by atoms with van der Waals surface area (Å²) in [5.41, 5.74) is 5.24. The van der Waals surface area contributed by atoms with Crippen molar-refractivity contribution in [2.45, 2.75) is 63.7 Å². The number of Topliss-reactive ketones (excluding diaryl/α,β-unsaturated/α-hetero) is 1. The average molecular weight is 271 g/mol. The number of alkyl halides is 4. The van der Waals surface area contributed by atoms with Crippen LogP contribution in [0.3, 0.4) is 0 Å². The lowest BCUT2D eigenvalue weighted by molar-refractivity contribution is -0.138. The zero-order chi connectivity index (χ0) is 14.2. The molecule has 0 rings (SSSR count). The fourth-order valence-electron chi connectivity index (χ4n) is 1.59. The summed E-state index contributed by atoms with van der Waals surface area (Å²) < 4.78 is 52.1. The summed E-state index contributed by atoms with van der Waals surface area (Å²) in [7, 11) is 0. The summed E-state index contributed by atoms with van der Waals surface area (Å²) >= 11 is 0. The van der Waals surface area contributed by atoms with E-state index in [4.69, 9.17) is 5.73 Å². The number of rotatable bonds is 10. The topological polar surface area (TPSA) is 43.1 Å². The lowest BCUT2D eigenvalue weighted by atomic mass is 10.00. The minimum atomic E-state index is -3.62. The highest BCUT2D eigenvalue weighted by atomic mass is 19.3. The van der Waals surface area contributed by atoms with Gasteiger partial charge < -0.3 is 5.73 Å². The summed E-state index contributed by atoms with van der Waals surface area (Å²) in [5, 5.41) is 0. The highest BCUT2D eigenvalue weighted by molar-refractivity contribution is 5.79. The van der Waals surface area contributed by atoms with Crippen molar-refractivity contribution in [2.75, 3.05) is 6.54 Å². The van der Waals surface area contributed by atoms with Crippen LogP contribution >= 0.6 is 0 Å². The number of unbranched alkanes of at least 4 members (excludes halogenated alkanes) is 2. The average Bonchev–Trinajstić information content (AvgIpc) is 2.22. The molecule has 0 aliphatic carbocycles. The Kier molecular flexibility index (Phi) is 7.43. The van der Waals surface area contributed by atoms with Crippen molar-refractivity contribution in [3.63, 3.8) is 0 Å². The maximum absolute atomic E-state index is 13.2. The first kappa shape index (κ1) is 17.4. The minimum absolute atomic E-state index is 0.00723. The van der Waals surface area contributed by atoms with Crippen molar-refractivity contribution >= 4 is 5.78 Å². The molecule has 0 unspecified atom stereocenters. The molecular weight excluding hydrogens is 250 g/mol. The van der Waals surface area contributed by atoms with E-state index in [-0.39, 0.29) is 6.42 Å². The molecule has 0 heterocycles. The Labute approximate surface area is 105 Å². The number of hydrogen-bond acceptors (Lipinski definition) is 2.